The van der Waals surface area contributed by atoms with Crippen molar-refractivity contribution >= 4 is 33.5 Å². The third-order valence-corrected chi connectivity index (χ3v) is 2.77. The van der Waals surface area contributed by atoms with Gasteiger partial charge in [-0.15, -0.1) is 0 Å². The van der Waals surface area contributed by atoms with Gasteiger partial charge in [0.05, 0.1) is 6.20 Å². The van der Waals surface area contributed by atoms with Gasteiger partial charge in [0, 0.05) is 6.92 Å². The van der Waals surface area contributed by atoms with Crippen LogP contribution in [0, 0.1) is 0 Å². The molecule has 0 aliphatic rings. The summed E-state index contributed by atoms with van der Waals surface area (Å²) in [5.74, 6) is -0.250. The molecule has 0 spiro atoms. The molecule has 0 saturated carbocycles. The van der Waals surface area contributed by atoms with E-state index >= 15 is 0 Å². The highest BCUT2D eigenvalue weighted by atomic mass is 32.2. The highest BCUT2D eigenvalue weighted by Gasteiger charge is 2.06. The minimum atomic E-state index is -2.02. The Balaban J connectivity index is 2.77. The fourth-order valence-electron chi connectivity index (χ4n) is 0.548. The fraction of sp³-hybridized carbons (Fsp3) is 0.200. The van der Waals surface area contributed by atoms with E-state index in [4.69, 9.17) is 4.55 Å². The van der Waals surface area contributed by atoms with Crippen LogP contribution in [0.1, 0.15) is 6.92 Å². The Bertz CT molecular complexity index is 322. The van der Waals surface area contributed by atoms with Gasteiger partial charge < -0.3 is 9.87 Å². The topological polar surface area (TPSA) is 79.3 Å². The first-order valence-electron chi connectivity index (χ1n) is 2.94. The summed E-state index contributed by atoms with van der Waals surface area (Å²) in [4.78, 5) is 14.2. The monoisotopic (exact) mass is 206 g/mol. The molecule has 1 aromatic heterocycles. The summed E-state index contributed by atoms with van der Waals surface area (Å²) in [6.07, 6.45) is 1.26. The lowest BCUT2D eigenvalue weighted by molar-refractivity contribution is -0.114. The van der Waals surface area contributed by atoms with E-state index in [2.05, 4.69) is 10.3 Å². The second-order valence-electron chi connectivity index (χ2n) is 1.91. The van der Waals surface area contributed by atoms with Crippen molar-refractivity contribution in [1.29, 1.82) is 0 Å². The number of rotatable bonds is 2. The van der Waals surface area contributed by atoms with E-state index in [0.717, 1.165) is 11.3 Å². The summed E-state index contributed by atoms with van der Waals surface area (Å²) in [7, 11) is 0. The normalized spacial score (nSPS) is 12.5. The number of carbonyl (C=O) groups excluding carboxylic acids is 1. The number of aromatic nitrogens is 1. The van der Waals surface area contributed by atoms with E-state index in [1.54, 1.807) is 0 Å². The molecule has 1 heterocycles. The smallest absolute Gasteiger partial charge is 0.223 e. The van der Waals surface area contributed by atoms with Crippen LogP contribution in [0.25, 0.3) is 0 Å². The summed E-state index contributed by atoms with van der Waals surface area (Å²) in [5, 5.41) is 2.74. The van der Waals surface area contributed by atoms with Crippen LogP contribution in [0.2, 0.25) is 0 Å². The van der Waals surface area contributed by atoms with Crippen molar-refractivity contribution in [3.8, 4) is 0 Å². The van der Waals surface area contributed by atoms with Crippen molar-refractivity contribution in [2.24, 2.45) is 0 Å². The van der Waals surface area contributed by atoms with Crippen LogP contribution in [0.3, 0.4) is 0 Å². The maximum Gasteiger partial charge on any atom is 0.223 e. The molecule has 2 N–H and O–H groups in total. The Morgan fingerprint density at radius 1 is 1.83 bits per heavy atom. The second-order valence-corrected chi connectivity index (χ2v) is 4.14. The van der Waals surface area contributed by atoms with E-state index < -0.39 is 11.1 Å². The van der Waals surface area contributed by atoms with E-state index in [9.17, 15) is 9.00 Å². The molecule has 1 atom stereocenters. The van der Waals surface area contributed by atoms with Gasteiger partial charge in [0.2, 0.25) is 5.91 Å². The molecule has 7 heteroatoms. The highest BCUT2D eigenvalue weighted by molar-refractivity contribution is 7.81. The number of thiazole rings is 1. The molecule has 1 unspecified atom stereocenters. The number of anilines is 1. The molecule has 0 aromatic carbocycles. The third-order valence-electron chi connectivity index (χ3n) is 0.940. The molecule has 0 bridgehead atoms. The molecule has 1 aromatic rings. The highest BCUT2D eigenvalue weighted by Crippen LogP contribution is 2.19. The lowest BCUT2D eigenvalue weighted by Gasteiger charge is -1.91. The molecule has 0 fully saturated rings. The van der Waals surface area contributed by atoms with Gasteiger partial charge in [0.15, 0.2) is 16.2 Å². The van der Waals surface area contributed by atoms with Gasteiger partial charge >= 0.3 is 0 Å². The molecule has 0 aliphatic carbocycles. The fourth-order valence-corrected chi connectivity index (χ4v) is 1.81. The van der Waals surface area contributed by atoms with Gasteiger partial charge in [0.25, 0.3) is 0 Å². The molecule has 1 rings (SSSR count). The zero-order valence-corrected chi connectivity index (χ0v) is 7.74. The predicted molar refractivity (Wildman–Crippen MR) is 45.5 cm³/mol. The molecule has 0 radical (unpaired) electrons. The minimum absolute atomic E-state index is 0.221. The van der Waals surface area contributed by atoms with Crippen LogP contribution in [0.4, 0.5) is 5.13 Å². The zero-order chi connectivity index (χ0) is 9.14. The molecule has 0 saturated heterocycles. The van der Waals surface area contributed by atoms with Crippen molar-refractivity contribution < 1.29 is 13.6 Å². The average molecular weight is 206 g/mol. The van der Waals surface area contributed by atoms with E-state index in [1.165, 1.54) is 13.1 Å². The summed E-state index contributed by atoms with van der Waals surface area (Å²) in [6.45, 7) is 1.34. The average Bonchev–Trinajstić information content (AvgIpc) is 2.34. The third kappa shape index (κ3) is 2.36. The van der Waals surface area contributed by atoms with Gasteiger partial charge in [-0.3, -0.25) is 4.79 Å². The van der Waals surface area contributed by atoms with E-state index in [0.29, 0.717) is 5.13 Å². The van der Waals surface area contributed by atoms with Gasteiger partial charge in [-0.05, 0) is 0 Å². The number of hydrogen-bond acceptors (Lipinski definition) is 4. The maximum atomic E-state index is 10.5. The van der Waals surface area contributed by atoms with Gasteiger partial charge in [0.1, 0.15) is 4.21 Å². The zero-order valence-electron chi connectivity index (χ0n) is 6.10. The predicted octanol–water partition coefficient (Wildman–Crippen LogP) is 0.682. The number of hydrogen-bond donors (Lipinski definition) is 2. The molecular formula is C5H6N2O3S2. The first-order chi connectivity index (χ1) is 5.59. The largest absolute Gasteiger partial charge is 0.302 e. The van der Waals surface area contributed by atoms with Crippen LogP contribution in [0.15, 0.2) is 10.4 Å². The number of amides is 1. The molecule has 5 nitrogen and oxygen atoms in total. The summed E-state index contributed by atoms with van der Waals surface area (Å²) in [6, 6.07) is 0. The van der Waals surface area contributed by atoms with Crippen LogP contribution >= 0.6 is 11.3 Å². The Morgan fingerprint density at radius 2 is 2.50 bits per heavy atom. The SMILES string of the molecule is CC(=O)Nc1ncc(S(=O)O)s1. The van der Waals surface area contributed by atoms with E-state index in [-0.39, 0.29) is 10.1 Å². The Morgan fingerprint density at radius 3 is 2.92 bits per heavy atom. The first kappa shape index (κ1) is 9.30. The quantitative estimate of drug-likeness (QED) is 0.697. The van der Waals surface area contributed by atoms with E-state index in [1.807, 2.05) is 0 Å². The Hall–Kier alpha value is -0.790. The van der Waals surface area contributed by atoms with Crippen molar-refractivity contribution in [2.45, 2.75) is 11.1 Å². The van der Waals surface area contributed by atoms with Crippen molar-refractivity contribution in [1.82, 2.24) is 4.98 Å². The minimum Gasteiger partial charge on any atom is -0.302 e. The molecular weight excluding hydrogens is 200 g/mol. The summed E-state index contributed by atoms with van der Waals surface area (Å²) >= 11 is -1.04. The summed E-state index contributed by atoms with van der Waals surface area (Å²) in [5.41, 5.74) is 0. The lowest BCUT2D eigenvalue weighted by Crippen LogP contribution is -2.04. The van der Waals surface area contributed by atoms with Crippen LogP contribution in [-0.2, 0) is 15.9 Å². The van der Waals surface area contributed by atoms with Crippen LogP contribution < -0.4 is 5.32 Å². The van der Waals surface area contributed by atoms with Crippen LogP contribution in [-0.4, -0.2) is 19.7 Å². The summed E-state index contributed by atoms with van der Waals surface area (Å²) < 4.78 is 19.3. The molecule has 12 heavy (non-hydrogen) atoms. The standard InChI is InChI=1S/C5H6N2O3S2/c1-3(8)7-5-6-2-4(11-5)12(9)10/h2H,1H3,(H,9,10)(H,6,7,8). The molecule has 1 amide bonds. The second kappa shape index (κ2) is 3.74. The Labute approximate surface area is 75.1 Å². The van der Waals surface area contributed by atoms with Crippen molar-refractivity contribution in [3.05, 3.63) is 6.20 Å². The number of nitrogens with one attached hydrogen (secondary N) is 1. The molecule has 0 aliphatic heterocycles. The van der Waals surface area contributed by atoms with Gasteiger partial charge in [-0.2, -0.15) is 0 Å². The number of carbonyl (C=O) groups is 1. The lowest BCUT2D eigenvalue weighted by atomic mass is 10.7. The van der Waals surface area contributed by atoms with Gasteiger partial charge in [-0.25, -0.2) is 9.19 Å². The van der Waals surface area contributed by atoms with Gasteiger partial charge in [-0.1, -0.05) is 11.3 Å². The number of nitrogens with zero attached hydrogens (tertiary/aromatic N) is 1. The van der Waals surface area contributed by atoms with Crippen LogP contribution in [0.5, 0.6) is 0 Å². The molecule has 66 valence electrons. The van der Waals surface area contributed by atoms with Crippen molar-refractivity contribution in [3.63, 3.8) is 0 Å². The Kier molecular flexibility index (Phi) is 2.90. The maximum absolute atomic E-state index is 10.5. The first-order valence-corrected chi connectivity index (χ1v) is 4.86. The van der Waals surface area contributed by atoms with Crippen molar-refractivity contribution in [2.75, 3.05) is 5.32 Å².